The van der Waals surface area contributed by atoms with Gasteiger partial charge < -0.3 is 10.1 Å². The first-order valence-electron chi connectivity index (χ1n) is 6.47. The number of nitro groups is 1. The molecule has 120 valence electrons. The number of benzene rings is 2. The van der Waals surface area contributed by atoms with Crippen LogP contribution in [0.5, 0.6) is 5.75 Å². The Hall–Kier alpha value is -2.31. The van der Waals surface area contributed by atoms with E-state index in [2.05, 4.69) is 5.32 Å². The molecule has 1 N–H and O–H groups in total. The number of ether oxygens (including phenoxy) is 1. The zero-order chi connectivity index (χ0) is 17.0. The van der Waals surface area contributed by atoms with Gasteiger partial charge in [-0.05, 0) is 29.8 Å². The van der Waals surface area contributed by atoms with Crippen molar-refractivity contribution in [1.82, 2.24) is 5.32 Å². The van der Waals surface area contributed by atoms with Crippen LogP contribution in [0, 0.1) is 10.1 Å². The molecule has 0 radical (unpaired) electrons. The fraction of sp³-hybridized carbons (Fsp3) is 0.133. The number of nitro benzene ring substituents is 1. The standard InChI is InChI=1S/C15H12Cl2N2O4/c1-23-13-4-2-3-11(14(13)19(21)22)15(20)18-8-9-5-6-10(16)7-12(9)17/h2-7H,8H2,1H3,(H,18,20). The van der Waals surface area contributed by atoms with Gasteiger partial charge in [-0.1, -0.05) is 35.3 Å². The summed E-state index contributed by atoms with van der Waals surface area (Å²) in [7, 11) is 1.30. The lowest BCUT2D eigenvalue weighted by molar-refractivity contribution is -0.386. The highest BCUT2D eigenvalue weighted by atomic mass is 35.5. The number of rotatable bonds is 5. The molecular weight excluding hydrogens is 343 g/mol. The number of hydrogen-bond acceptors (Lipinski definition) is 4. The van der Waals surface area contributed by atoms with Crippen molar-refractivity contribution in [2.45, 2.75) is 6.54 Å². The molecule has 2 aromatic carbocycles. The van der Waals surface area contributed by atoms with Crippen LogP contribution < -0.4 is 10.1 Å². The smallest absolute Gasteiger partial charge is 0.323 e. The fourth-order valence-corrected chi connectivity index (χ4v) is 2.47. The zero-order valence-corrected chi connectivity index (χ0v) is 13.5. The first-order valence-corrected chi connectivity index (χ1v) is 7.23. The Bertz CT molecular complexity index is 765. The van der Waals surface area contributed by atoms with Crippen LogP contribution in [0.1, 0.15) is 15.9 Å². The lowest BCUT2D eigenvalue weighted by Gasteiger charge is -2.09. The number of hydrogen-bond donors (Lipinski definition) is 1. The van der Waals surface area contributed by atoms with E-state index in [4.69, 9.17) is 27.9 Å². The number of nitrogens with one attached hydrogen (secondary N) is 1. The average Bonchev–Trinajstić information content (AvgIpc) is 2.52. The number of methoxy groups -OCH3 is 1. The van der Waals surface area contributed by atoms with E-state index in [-0.39, 0.29) is 23.5 Å². The Morgan fingerprint density at radius 2 is 2.04 bits per heavy atom. The van der Waals surface area contributed by atoms with Gasteiger partial charge in [0.05, 0.1) is 12.0 Å². The minimum absolute atomic E-state index is 0.0205. The molecule has 0 aliphatic rings. The molecule has 0 atom stereocenters. The zero-order valence-electron chi connectivity index (χ0n) is 12.0. The highest BCUT2D eigenvalue weighted by Gasteiger charge is 2.25. The maximum atomic E-state index is 12.2. The molecule has 0 bridgehead atoms. The lowest BCUT2D eigenvalue weighted by Crippen LogP contribution is -2.24. The molecule has 2 aromatic rings. The van der Waals surface area contributed by atoms with E-state index < -0.39 is 10.8 Å². The Kier molecular flexibility index (Phi) is 5.41. The van der Waals surface area contributed by atoms with Crippen molar-refractivity contribution in [1.29, 1.82) is 0 Å². The van der Waals surface area contributed by atoms with Gasteiger partial charge in [-0.15, -0.1) is 0 Å². The minimum Gasteiger partial charge on any atom is -0.490 e. The second kappa shape index (κ2) is 7.30. The van der Waals surface area contributed by atoms with Gasteiger partial charge in [0.1, 0.15) is 5.56 Å². The SMILES string of the molecule is COc1cccc(C(=O)NCc2ccc(Cl)cc2Cl)c1[N+](=O)[O-]. The van der Waals surface area contributed by atoms with Gasteiger partial charge in [-0.2, -0.15) is 0 Å². The van der Waals surface area contributed by atoms with E-state index in [0.29, 0.717) is 15.6 Å². The molecule has 0 heterocycles. The predicted molar refractivity (Wildman–Crippen MR) is 87.3 cm³/mol. The molecule has 2 rings (SSSR count). The van der Waals surface area contributed by atoms with Gasteiger partial charge in [0, 0.05) is 16.6 Å². The monoisotopic (exact) mass is 354 g/mol. The molecule has 8 heteroatoms. The van der Waals surface area contributed by atoms with E-state index >= 15 is 0 Å². The van der Waals surface area contributed by atoms with E-state index in [1.165, 1.54) is 25.3 Å². The Morgan fingerprint density at radius 1 is 1.30 bits per heavy atom. The molecule has 0 saturated heterocycles. The third-order valence-electron chi connectivity index (χ3n) is 3.10. The fourth-order valence-electron chi connectivity index (χ4n) is 1.99. The maximum absolute atomic E-state index is 12.2. The average molecular weight is 355 g/mol. The number of carbonyl (C=O) groups is 1. The second-order valence-electron chi connectivity index (χ2n) is 4.53. The van der Waals surface area contributed by atoms with Crippen LogP contribution in [0.4, 0.5) is 5.69 Å². The van der Waals surface area contributed by atoms with Crippen LogP contribution in [-0.4, -0.2) is 17.9 Å². The summed E-state index contributed by atoms with van der Waals surface area (Å²) in [4.78, 5) is 22.8. The van der Waals surface area contributed by atoms with Gasteiger partial charge >= 0.3 is 5.69 Å². The van der Waals surface area contributed by atoms with Gasteiger partial charge in [-0.3, -0.25) is 14.9 Å². The van der Waals surface area contributed by atoms with Crippen LogP contribution in [0.15, 0.2) is 36.4 Å². The number of para-hydroxylation sites is 1. The highest BCUT2D eigenvalue weighted by molar-refractivity contribution is 6.35. The van der Waals surface area contributed by atoms with Crippen molar-refractivity contribution in [2.24, 2.45) is 0 Å². The van der Waals surface area contributed by atoms with Crippen molar-refractivity contribution >= 4 is 34.8 Å². The number of carbonyl (C=O) groups excluding carboxylic acids is 1. The summed E-state index contributed by atoms with van der Waals surface area (Å²) in [5.41, 5.74) is 0.184. The molecule has 6 nitrogen and oxygen atoms in total. The molecule has 0 aliphatic carbocycles. The van der Waals surface area contributed by atoms with Gasteiger partial charge in [0.2, 0.25) is 0 Å². The van der Waals surface area contributed by atoms with Crippen molar-refractivity contribution in [3.63, 3.8) is 0 Å². The molecule has 0 unspecified atom stereocenters. The molecule has 0 saturated carbocycles. The summed E-state index contributed by atoms with van der Waals surface area (Å²) in [5, 5.41) is 14.7. The maximum Gasteiger partial charge on any atom is 0.323 e. The third kappa shape index (κ3) is 3.91. The first-order chi connectivity index (χ1) is 10.9. The van der Waals surface area contributed by atoms with Crippen LogP contribution in [0.25, 0.3) is 0 Å². The topological polar surface area (TPSA) is 81.5 Å². The van der Waals surface area contributed by atoms with Crippen molar-refractivity contribution in [2.75, 3.05) is 7.11 Å². The molecule has 0 fully saturated rings. The number of halogens is 2. The second-order valence-corrected chi connectivity index (χ2v) is 5.38. The van der Waals surface area contributed by atoms with E-state index in [0.717, 1.165) is 0 Å². The molecule has 23 heavy (non-hydrogen) atoms. The van der Waals surface area contributed by atoms with Crippen LogP contribution in [0.2, 0.25) is 10.0 Å². The summed E-state index contributed by atoms with van der Waals surface area (Å²) in [6.45, 7) is 0.114. The molecule has 0 aromatic heterocycles. The predicted octanol–water partition coefficient (Wildman–Crippen LogP) is 3.84. The molecular formula is C15H12Cl2N2O4. The van der Waals surface area contributed by atoms with Crippen molar-refractivity contribution in [3.8, 4) is 5.75 Å². The summed E-state index contributed by atoms with van der Waals surface area (Å²) in [5.74, 6) is -0.575. The highest BCUT2D eigenvalue weighted by Crippen LogP contribution is 2.30. The van der Waals surface area contributed by atoms with Crippen molar-refractivity contribution in [3.05, 3.63) is 67.7 Å². The number of nitrogens with zero attached hydrogens (tertiary/aromatic N) is 1. The molecule has 1 amide bonds. The first kappa shape index (κ1) is 17.1. The van der Waals surface area contributed by atoms with Gasteiger partial charge in [-0.25, -0.2) is 0 Å². The summed E-state index contributed by atoms with van der Waals surface area (Å²) in [6.07, 6.45) is 0. The van der Waals surface area contributed by atoms with Crippen LogP contribution >= 0.6 is 23.2 Å². The van der Waals surface area contributed by atoms with Gasteiger partial charge in [0.15, 0.2) is 5.75 Å². The minimum atomic E-state index is -0.650. The van der Waals surface area contributed by atoms with Crippen LogP contribution in [-0.2, 0) is 6.54 Å². The summed E-state index contributed by atoms with van der Waals surface area (Å²) >= 11 is 11.8. The third-order valence-corrected chi connectivity index (χ3v) is 3.69. The molecule has 0 aliphatic heterocycles. The van der Waals surface area contributed by atoms with E-state index in [1.807, 2.05) is 0 Å². The van der Waals surface area contributed by atoms with E-state index in [1.54, 1.807) is 18.2 Å². The quantitative estimate of drug-likeness (QED) is 0.653. The lowest BCUT2D eigenvalue weighted by atomic mass is 10.1. The van der Waals surface area contributed by atoms with Crippen molar-refractivity contribution < 1.29 is 14.5 Å². The van der Waals surface area contributed by atoms with Crippen LogP contribution in [0.3, 0.4) is 0 Å². The Balaban J connectivity index is 2.23. The molecule has 0 spiro atoms. The normalized spacial score (nSPS) is 10.2. The summed E-state index contributed by atoms with van der Waals surface area (Å²) in [6, 6.07) is 9.16. The van der Waals surface area contributed by atoms with E-state index in [9.17, 15) is 14.9 Å². The Labute approximate surface area is 142 Å². The van der Waals surface area contributed by atoms with Gasteiger partial charge in [0.25, 0.3) is 5.91 Å². The largest absolute Gasteiger partial charge is 0.490 e. The summed E-state index contributed by atoms with van der Waals surface area (Å²) < 4.78 is 4.94. The Morgan fingerprint density at radius 3 is 2.65 bits per heavy atom. The number of amides is 1.